The number of hydrogen-bond acceptors (Lipinski definition) is 4. The van der Waals surface area contributed by atoms with Gasteiger partial charge in [-0.1, -0.05) is 11.6 Å². The molecular weight excluding hydrogens is 295 g/mol. The molecule has 2 heterocycles. The molecule has 2 N–H and O–H groups in total. The number of rotatable bonds is 2. The molecule has 3 atom stereocenters. The second-order valence-electron chi connectivity index (χ2n) is 4.65. The Kier molecular flexibility index (Phi) is 5.92. The van der Waals surface area contributed by atoms with Crippen LogP contribution in [0.15, 0.2) is 12.1 Å². The highest BCUT2D eigenvalue weighted by molar-refractivity contribution is 6.29. The van der Waals surface area contributed by atoms with E-state index in [1.54, 1.807) is 6.07 Å². The van der Waals surface area contributed by atoms with Crippen molar-refractivity contribution in [3.63, 3.8) is 0 Å². The van der Waals surface area contributed by atoms with Crippen molar-refractivity contribution in [3.8, 4) is 0 Å². The molecule has 1 aromatic heterocycles. The van der Waals surface area contributed by atoms with Gasteiger partial charge in [0, 0.05) is 12.6 Å². The second kappa shape index (κ2) is 6.75. The van der Waals surface area contributed by atoms with E-state index in [1.807, 2.05) is 6.07 Å². The van der Waals surface area contributed by atoms with Crippen LogP contribution in [-0.2, 0) is 0 Å². The van der Waals surface area contributed by atoms with E-state index in [-0.39, 0.29) is 24.8 Å². The molecule has 1 aliphatic heterocycles. The zero-order valence-corrected chi connectivity index (χ0v) is 12.2. The zero-order valence-electron chi connectivity index (χ0n) is 9.80. The van der Waals surface area contributed by atoms with E-state index >= 15 is 0 Å². The lowest BCUT2D eigenvalue weighted by molar-refractivity contribution is 0.468. The number of halogens is 3. The van der Waals surface area contributed by atoms with Crippen LogP contribution >= 0.6 is 36.4 Å². The van der Waals surface area contributed by atoms with E-state index in [2.05, 4.69) is 20.8 Å². The van der Waals surface area contributed by atoms with Crippen LogP contribution in [0, 0.1) is 11.8 Å². The molecule has 102 valence electrons. The fourth-order valence-electron chi connectivity index (χ4n) is 2.91. The van der Waals surface area contributed by atoms with Crippen molar-refractivity contribution < 1.29 is 0 Å². The van der Waals surface area contributed by atoms with Gasteiger partial charge in [0.15, 0.2) is 5.15 Å². The van der Waals surface area contributed by atoms with E-state index in [0.717, 1.165) is 24.2 Å². The van der Waals surface area contributed by atoms with Crippen molar-refractivity contribution >= 4 is 42.2 Å². The van der Waals surface area contributed by atoms with Crippen LogP contribution < -0.4 is 10.6 Å². The van der Waals surface area contributed by atoms with Crippen LogP contribution in [0.4, 0.5) is 5.82 Å². The highest BCUT2D eigenvalue weighted by Crippen LogP contribution is 2.35. The topological polar surface area (TPSA) is 49.8 Å². The Morgan fingerprint density at radius 1 is 1.17 bits per heavy atom. The molecule has 0 radical (unpaired) electrons. The Hall–Kier alpha value is -0.290. The Morgan fingerprint density at radius 3 is 2.72 bits per heavy atom. The summed E-state index contributed by atoms with van der Waals surface area (Å²) in [5.41, 5.74) is 0. The monoisotopic (exact) mass is 310 g/mol. The van der Waals surface area contributed by atoms with Gasteiger partial charge in [-0.25, -0.2) is 0 Å². The summed E-state index contributed by atoms with van der Waals surface area (Å²) in [6.45, 7) is 2.30. The molecule has 3 rings (SSSR count). The number of nitrogens with one attached hydrogen (secondary N) is 2. The molecule has 18 heavy (non-hydrogen) atoms. The molecule has 2 aliphatic rings. The first-order chi connectivity index (χ1) is 7.83. The van der Waals surface area contributed by atoms with E-state index in [0.29, 0.717) is 11.2 Å². The minimum absolute atomic E-state index is 0. The molecule has 1 aromatic rings. The lowest BCUT2D eigenvalue weighted by Crippen LogP contribution is -2.28. The average Bonchev–Trinajstić information content (AvgIpc) is 2.86. The number of anilines is 1. The summed E-state index contributed by atoms with van der Waals surface area (Å²) in [4.78, 5) is 0. The lowest BCUT2D eigenvalue weighted by Gasteiger charge is -2.19. The summed E-state index contributed by atoms with van der Waals surface area (Å²) >= 11 is 5.71. The highest BCUT2D eigenvalue weighted by Gasteiger charge is 2.39. The van der Waals surface area contributed by atoms with Gasteiger partial charge in [-0.3, -0.25) is 0 Å². The first-order valence-corrected chi connectivity index (χ1v) is 6.17. The number of hydrogen-bond donors (Lipinski definition) is 2. The smallest absolute Gasteiger partial charge is 0.151 e. The van der Waals surface area contributed by atoms with Gasteiger partial charge in [-0.2, -0.15) is 0 Å². The molecule has 4 nitrogen and oxygen atoms in total. The zero-order chi connectivity index (χ0) is 11.0. The number of nitrogens with zero attached hydrogens (tertiary/aromatic N) is 2. The molecular formula is C11H17Cl3N4. The molecule has 0 spiro atoms. The van der Waals surface area contributed by atoms with Gasteiger partial charge in [-0.15, -0.1) is 35.0 Å². The summed E-state index contributed by atoms with van der Waals surface area (Å²) < 4.78 is 0. The standard InChI is InChI=1S/C11H15ClN4.2ClH/c12-10-3-4-11(16-15-10)14-9-2-1-7-5-13-6-8(7)9;;/h3-4,7-9,13H,1-2,5-6H2,(H,14,16);2*1H. The third-order valence-corrected chi connectivity index (χ3v) is 3.92. The molecule has 1 saturated heterocycles. The number of aromatic nitrogens is 2. The van der Waals surface area contributed by atoms with Crippen LogP contribution in [0.3, 0.4) is 0 Å². The maximum atomic E-state index is 5.71. The van der Waals surface area contributed by atoms with Crippen molar-refractivity contribution in [2.24, 2.45) is 11.8 Å². The van der Waals surface area contributed by atoms with Gasteiger partial charge in [0.1, 0.15) is 5.82 Å². The summed E-state index contributed by atoms with van der Waals surface area (Å²) in [5, 5.41) is 15.2. The van der Waals surface area contributed by atoms with Crippen LogP contribution in [0.2, 0.25) is 5.15 Å². The van der Waals surface area contributed by atoms with Crippen molar-refractivity contribution in [2.45, 2.75) is 18.9 Å². The average molecular weight is 312 g/mol. The largest absolute Gasteiger partial charge is 0.366 e. The predicted molar refractivity (Wildman–Crippen MR) is 78.0 cm³/mol. The first-order valence-electron chi connectivity index (χ1n) is 5.79. The van der Waals surface area contributed by atoms with Gasteiger partial charge in [0.2, 0.25) is 0 Å². The maximum absolute atomic E-state index is 5.71. The van der Waals surface area contributed by atoms with Gasteiger partial charge in [-0.05, 0) is 43.4 Å². The van der Waals surface area contributed by atoms with Crippen LogP contribution in [0.1, 0.15) is 12.8 Å². The number of fused-ring (bicyclic) bond motifs is 1. The van der Waals surface area contributed by atoms with E-state index in [9.17, 15) is 0 Å². The van der Waals surface area contributed by atoms with Crippen LogP contribution in [-0.4, -0.2) is 29.3 Å². The van der Waals surface area contributed by atoms with Gasteiger partial charge in [0.05, 0.1) is 0 Å². The first kappa shape index (κ1) is 15.8. The minimum atomic E-state index is 0. The van der Waals surface area contributed by atoms with E-state index in [4.69, 9.17) is 11.6 Å². The summed E-state index contributed by atoms with van der Waals surface area (Å²) in [6, 6.07) is 4.21. The molecule has 7 heteroatoms. The third kappa shape index (κ3) is 3.18. The van der Waals surface area contributed by atoms with Gasteiger partial charge < -0.3 is 10.6 Å². The Labute approximate surface area is 124 Å². The van der Waals surface area contributed by atoms with Crippen molar-refractivity contribution in [1.82, 2.24) is 15.5 Å². The molecule has 0 amide bonds. The Morgan fingerprint density at radius 2 is 2.00 bits per heavy atom. The third-order valence-electron chi connectivity index (χ3n) is 3.72. The molecule has 1 saturated carbocycles. The SMILES string of the molecule is Cl.Cl.Clc1ccc(NC2CCC3CNCC32)nn1. The van der Waals surface area contributed by atoms with Gasteiger partial charge >= 0.3 is 0 Å². The van der Waals surface area contributed by atoms with Crippen molar-refractivity contribution in [3.05, 3.63) is 17.3 Å². The summed E-state index contributed by atoms with van der Waals surface area (Å²) in [6.07, 6.45) is 2.55. The van der Waals surface area contributed by atoms with E-state index in [1.165, 1.54) is 19.4 Å². The molecule has 0 bridgehead atoms. The quantitative estimate of drug-likeness (QED) is 0.880. The van der Waals surface area contributed by atoms with Crippen LogP contribution in [0.5, 0.6) is 0 Å². The molecule has 0 aromatic carbocycles. The molecule has 3 unspecified atom stereocenters. The van der Waals surface area contributed by atoms with Crippen LogP contribution in [0.25, 0.3) is 0 Å². The lowest BCUT2D eigenvalue weighted by atomic mass is 9.98. The fraction of sp³-hybridized carbons (Fsp3) is 0.636. The van der Waals surface area contributed by atoms with Crippen molar-refractivity contribution in [2.75, 3.05) is 18.4 Å². The minimum Gasteiger partial charge on any atom is -0.366 e. The highest BCUT2D eigenvalue weighted by atomic mass is 35.5. The summed E-state index contributed by atoms with van der Waals surface area (Å²) in [5.74, 6) is 2.43. The fourth-order valence-corrected chi connectivity index (χ4v) is 3.01. The molecule has 2 fully saturated rings. The Balaban J connectivity index is 0.000000810. The molecule has 1 aliphatic carbocycles. The maximum Gasteiger partial charge on any atom is 0.151 e. The van der Waals surface area contributed by atoms with Crippen molar-refractivity contribution in [1.29, 1.82) is 0 Å². The predicted octanol–water partition coefficient (Wildman–Crippen LogP) is 2.38. The van der Waals surface area contributed by atoms with E-state index < -0.39 is 0 Å². The Bertz CT molecular complexity index is 373. The summed E-state index contributed by atoms with van der Waals surface area (Å²) in [7, 11) is 0. The normalized spacial score (nSPS) is 29.1. The van der Waals surface area contributed by atoms with Gasteiger partial charge in [0.25, 0.3) is 0 Å². The second-order valence-corrected chi connectivity index (χ2v) is 5.04.